The predicted octanol–water partition coefficient (Wildman–Crippen LogP) is 0.788. The van der Waals surface area contributed by atoms with Crippen LogP contribution in [0.3, 0.4) is 0 Å². The van der Waals surface area contributed by atoms with E-state index in [4.69, 9.17) is 14.9 Å². The van der Waals surface area contributed by atoms with E-state index in [2.05, 4.69) is 0 Å². The van der Waals surface area contributed by atoms with Crippen LogP contribution in [0.1, 0.15) is 19.3 Å². The molecular formula is C8H12O3. The molecule has 0 aromatic rings. The molecule has 2 aliphatic rings. The Balaban J connectivity index is 2.09. The minimum atomic E-state index is -0.287. The van der Waals surface area contributed by atoms with E-state index in [1.807, 2.05) is 6.08 Å². The third kappa shape index (κ3) is 1.31. The molecule has 1 heterocycles. The molecule has 1 N–H and O–H groups in total. The van der Waals surface area contributed by atoms with Crippen LogP contribution in [0.25, 0.3) is 0 Å². The fraction of sp³-hybridized carbons (Fsp3) is 0.750. The molecule has 1 spiro atoms. The number of hydrogen-bond acceptors (Lipinski definition) is 3. The summed E-state index contributed by atoms with van der Waals surface area (Å²) in [7, 11) is 0. The van der Waals surface area contributed by atoms with E-state index in [0.717, 1.165) is 19.3 Å². The molecule has 3 heteroatoms. The Morgan fingerprint density at radius 3 is 2.91 bits per heavy atom. The molecule has 2 unspecified atom stereocenters. The van der Waals surface area contributed by atoms with Crippen molar-refractivity contribution >= 4 is 0 Å². The van der Waals surface area contributed by atoms with E-state index < -0.39 is 0 Å². The molecule has 2 rings (SSSR count). The summed E-state index contributed by atoms with van der Waals surface area (Å²) >= 11 is 0. The summed E-state index contributed by atoms with van der Waals surface area (Å²) in [4.78, 5) is 9.97. The zero-order valence-electron chi connectivity index (χ0n) is 6.32. The summed E-state index contributed by atoms with van der Waals surface area (Å²) in [6.07, 6.45) is 5.98. The second-order valence-corrected chi connectivity index (χ2v) is 3.19. The molecule has 11 heavy (non-hydrogen) atoms. The topological polar surface area (TPSA) is 38.7 Å². The average Bonchev–Trinajstić information content (AvgIpc) is 2.45. The Morgan fingerprint density at radius 2 is 2.36 bits per heavy atom. The van der Waals surface area contributed by atoms with Crippen molar-refractivity contribution in [2.24, 2.45) is 0 Å². The van der Waals surface area contributed by atoms with Gasteiger partial charge in [0, 0.05) is 6.42 Å². The van der Waals surface area contributed by atoms with Crippen molar-refractivity contribution in [2.45, 2.75) is 31.0 Å². The van der Waals surface area contributed by atoms with Crippen molar-refractivity contribution in [3.05, 3.63) is 12.2 Å². The van der Waals surface area contributed by atoms with Crippen molar-refractivity contribution in [3.8, 4) is 0 Å². The van der Waals surface area contributed by atoms with Crippen molar-refractivity contribution in [3.63, 3.8) is 0 Å². The minimum absolute atomic E-state index is 0.209. The highest BCUT2D eigenvalue weighted by molar-refractivity contribution is 5.09. The number of hydrogen-bond donors (Lipinski definition) is 1. The number of aliphatic hydroxyl groups is 1. The Hall–Kier alpha value is -0.380. The first kappa shape index (κ1) is 7.28. The van der Waals surface area contributed by atoms with Gasteiger partial charge in [-0.3, -0.25) is 0 Å². The van der Waals surface area contributed by atoms with Crippen LogP contribution >= 0.6 is 0 Å². The summed E-state index contributed by atoms with van der Waals surface area (Å²) in [6, 6.07) is 0. The van der Waals surface area contributed by atoms with Crippen molar-refractivity contribution in [2.75, 3.05) is 6.61 Å². The molecule has 1 aliphatic heterocycles. The lowest BCUT2D eigenvalue weighted by atomic mass is 9.88. The van der Waals surface area contributed by atoms with E-state index in [9.17, 15) is 0 Å². The first-order chi connectivity index (χ1) is 5.31. The maximum absolute atomic E-state index is 9.17. The van der Waals surface area contributed by atoms with Crippen LogP contribution in [-0.2, 0) is 9.78 Å². The molecule has 0 amide bonds. The van der Waals surface area contributed by atoms with Crippen LogP contribution in [0.4, 0.5) is 0 Å². The molecule has 2 atom stereocenters. The van der Waals surface area contributed by atoms with Gasteiger partial charge in [-0.15, -0.1) is 0 Å². The van der Waals surface area contributed by atoms with Gasteiger partial charge in [0.05, 0.1) is 12.7 Å². The summed E-state index contributed by atoms with van der Waals surface area (Å²) in [5, 5.41) is 9.17. The van der Waals surface area contributed by atoms with Crippen molar-refractivity contribution < 1.29 is 14.9 Å². The fourth-order valence-electron chi connectivity index (χ4n) is 1.55. The van der Waals surface area contributed by atoms with Gasteiger partial charge in [0.25, 0.3) is 0 Å². The Morgan fingerprint density at radius 1 is 1.45 bits per heavy atom. The summed E-state index contributed by atoms with van der Waals surface area (Å²) in [5.74, 6) is 0. The van der Waals surface area contributed by atoms with Gasteiger partial charge in [0.2, 0.25) is 0 Å². The first-order valence-corrected chi connectivity index (χ1v) is 3.99. The maximum Gasteiger partial charge on any atom is 0.124 e. The highest BCUT2D eigenvalue weighted by atomic mass is 17.2. The minimum Gasteiger partial charge on any atom is -0.389 e. The zero-order valence-corrected chi connectivity index (χ0v) is 6.32. The van der Waals surface area contributed by atoms with Gasteiger partial charge in [0.15, 0.2) is 0 Å². The van der Waals surface area contributed by atoms with Gasteiger partial charge in [0.1, 0.15) is 5.60 Å². The highest BCUT2D eigenvalue weighted by Crippen LogP contribution is 2.33. The maximum atomic E-state index is 9.17. The fourth-order valence-corrected chi connectivity index (χ4v) is 1.55. The lowest BCUT2D eigenvalue weighted by molar-refractivity contribution is -0.299. The quantitative estimate of drug-likeness (QED) is 0.416. The van der Waals surface area contributed by atoms with E-state index in [-0.39, 0.29) is 11.7 Å². The molecule has 0 bridgehead atoms. The summed E-state index contributed by atoms with van der Waals surface area (Å²) in [6.45, 7) is 0.667. The van der Waals surface area contributed by atoms with Gasteiger partial charge < -0.3 is 5.11 Å². The molecule has 0 aromatic carbocycles. The van der Waals surface area contributed by atoms with Crippen LogP contribution in [0, 0.1) is 0 Å². The summed E-state index contributed by atoms with van der Waals surface area (Å²) in [5.41, 5.74) is -0.209. The molecule has 1 fully saturated rings. The lowest BCUT2D eigenvalue weighted by Crippen LogP contribution is -2.30. The molecule has 0 radical (unpaired) electrons. The third-order valence-corrected chi connectivity index (χ3v) is 2.32. The normalized spacial score (nSPS) is 43.5. The van der Waals surface area contributed by atoms with Crippen LogP contribution in [0.15, 0.2) is 12.2 Å². The standard InChI is InChI=1S/C8H12O3/c9-7-1-3-8(4-2-7)5-6-10-11-8/h1,3,7,9H,2,4-6H2. The third-order valence-electron chi connectivity index (χ3n) is 2.32. The van der Waals surface area contributed by atoms with E-state index in [0.29, 0.717) is 6.61 Å². The molecule has 1 aliphatic carbocycles. The average molecular weight is 156 g/mol. The number of aliphatic hydroxyl groups excluding tert-OH is 1. The largest absolute Gasteiger partial charge is 0.389 e. The Labute approximate surface area is 65.5 Å². The zero-order chi connectivity index (χ0) is 7.73. The van der Waals surface area contributed by atoms with Gasteiger partial charge in [-0.1, -0.05) is 12.2 Å². The Bertz CT molecular complexity index is 170. The van der Waals surface area contributed by atoms with Crippen LogP contribution in [-0.4, -0.2) is 23.4 Å². The lowest BCUT2D eigenvalue weighted by Gasteiger charge is -2.26. The first-order valence-electron chi connectivity index (χ1n) is 3.99. The van der Waals surface area contributed by atoms with Gasteiger partial charge >= 0.3 is 0 Å². The predicted molar refractivity (Wildman–Crippen MR) is 38.8 cm³/mol. The molecule has 62 valence electrons. The second kappa shape index (κ2) is 2.59. The number of rotatable bonds is 0. The van der Waals surface area contributed by atoms with Crippen LogP contribution in [0.2, 0.25) is 0 Å². The van der Waals surface area contributed by atoms with Crippen LogP contribution in [0.5, 0.6) is 0 Å². The summed E-state index contributed by atoms with van der Waals surface area (Å²) < 4.78 is 0. The Kier molecular flexibility index (Phi) is 1.71. The van der Waals surface area contributed by atoms with E-state index >= 15 is 0 Å². The molecular weight excluding hydrogens is 144 g/mol. The van der Waals surface area contributed by atoms with E-state index in [1.54, 1.807) is 6.08 Å². The van der Waals surface area contributed by atoms with Crippen LogP contribution < -0.4 is 0 Å². The smallest absolute Gasteiger partial charge is 0.124 e. The van der Waals surface area contributed by atoms with Crippen molar-refractivity contribution in [1.29, 1.82) is 0 Å². The molecule has 0 saturated carbocycles. The van der Waals surface area contributed by atoms with E-state index in [1.165, 1.54) is 0 Å². The molecule has 1 saturated heterocycles. The monoisotopic (exact) mass is 156 g/mol. The van der Waals surface area contributed by atoms with Gasteiger partial charge in [-0.05, 0) is 12.8 Å². The molecule has 0 aromatic heterocycles. The van der Waals surface area contributed by atoms with Gasteiger partial charge in [-0.25, -0.2) is 9.78 Å². The molecule has 3 nitrogen and oxygen atoms in total. The second-order valence-electron chi connectivity index (χ2n) is 3.19. The van der Waals surface area contributed by atoms with Crippen molar-refractivity contribution in [1.82, 2.24) is 0 Å². The van der Waals surface area contributed by atoms with Gasteiger partial charge in [-0.2, -0.15) is 0 Å². The highest BCUT2D eigenvalue weighted by Gasteiger charge is 2.36. The SMILES string of the molecule is OC1C=CC2(CCOO2)CC1.